The molecule has 6 rings (SSSR count). The summed E-state index contributed by atoms with van der Waals surface area (Å²) < 4.78 is 5.83. The fourth-order valence-electron chi connectivity index (χ4n) is 5.73. The molecule has 2 aliphatic rings. The Morgan fingerprint density at radius 2 is 1.38 bits per heavy atom. The van der Waals surface area contributed by atoms with E-state index in [2.05, 4.69) is 17.3 Å². The van der Waals surface area contributed by atoms with Crippen LogP contribution in [0.3, 0.4) is 0 Å². The topological polar surface area (TPSA) is 60.2 Å². The summed E-state index contributed by atoms with van der Waals surface area (Å²) in [5, 5.41) is 4.43. The largest absolute Gasteiger partial charge is 0.496 e. The third-order valence-corrected chi connectivity index (χ3v) is 7.40. The van der Waals surface area contributed by atoms with Crippen LogP contribution in [-0.2, 0) is 9.63 Å². The highest BCUT2D eigenvalue weighted by molar-refractivity contribution is 6.20. The number of nitrogens with zero attached hydrogens (tertiary/aromatic N) is 2. The second kappa shape index (κ2) is 9.51. The minimum Gasteiger partial charge on any atom is -0.496 e. The lowest BCUT2D eigenvalue weighted by Crippen LogP contribution is -2.49. The minimum absolute atomic E-state index is 0.337. The van der Waals surface area contributed by atoms with Gasteiger partial charge in [0.25, 0.3) is 0 Å². The summed E-state index contributed by atoms with van der Waals surface area (Å²) >= 11 is 0. The van der Waals surface area contributed by atoms with E-state index in [0.717, 1.165) is 33.7 Å². The molecule has 37 heavy (non-hydrogen) atoms. The van der Waals surface area contributed by atoms with Crippen molar-refractivity contribution in [2.45, 2.75) is 18.4 Å². The van der Waals surface area contributed by atoms with Crippen LogP contribution in [0.25, 0.3) is 0 Å². The van der Waals surface area contributed by atoms with Gasteiger partial charge in [0.05, 0.1) is 13.2 Å². The molecular weight excluding hydrogens is 460 g/mol. The molecule has 4 aromatic rings. The van der Waals surface area contributed by atoms with Gasteiger partial charge in [-0.15, -0.1) is 0 Å². The molecule has 1 spiro atoms. The Hall–Kier alpha value is -4.51. The number of ether oxygens (including phenoxy) is 1. The summed E-state index contributed by atoms with van der Waals surface area (Å²) in [5.41, 5.74) is 4.07. The second-order valence-corrected chi connectivity index (χ2v) is 9.31. The molecule has 4 aromatic carbocycles. The Balaban J connectivity index is 1.67. The van der Waals surface area contributed by atoms with Gasteiger partial charge in [0, 0.05) is 17.2 Å². The molecule has 0 bridgehead atoms. The van der Waals surface area contributed by atoms with Crippen molar-refractivity contribution in [1.29, 1.82) is 0 Å². The summed E-state index contributed by atoms with van der Waals surface area (Å²) in [5.74, 6) is -0.0115. The summed E-state index contributed by atoms with van der Waals surface area (Å²) in [7, 11) is 1.66. The lowest BCUT2D eigenvalue weighted by molar-refractivity contribution is -0.150. The molecule has 0 aliphatic carbocycles. The van der Waals surface area contributed by atoms with E-state index < -0.39 is 17.4 Å². The molecule has 0 saturated heterocycles. The highest BCUT2D eigenvalue weighted by atomic mass is 16.7. The molecule has 0 saturated carbocycles. The van der Waals surface area contributed by atoms with Gasteiger partial charge >= 0.3 is 5.97 Å². The zero-order chi connectivity index (χ0) is 25.2. The highest BCUT2D eigenvalue weighted by Crippen LogP contribution is 2.58. The maximum Gasteiger partial charge on any atom is 0.350 e. The SMILES string of the molecule is COc1ccccc1[C@H]1CC(c2ccccc2)=N[C@@H](c2ccccc2)[C@@]12C(=O)ON=C2c1ccccc1. The molecule has 0 amide bonds. The number of carbonyl (C=O) groups excluding carboxylic acids is 1. The van der Waals surface area contributed by atoms with Gasteiger partial charge in [-0.3, -0.25) is 4.99 Å². The average Bonchev–Trinajstić information content (AvgIpc) is 3.31. The van der Waals surface area contributed by atoms with Crippen molar-refractivity contribution in [3.8, 4) is 5.75 Å². The number of benzene rings is 4. The van der Waals surface area contributed by atoms with Gasteiger partial charge in [0.1, 0.15) is 16.9 Å². The first kappa shape index (κ1) is 22.9. The number of rotatable bonds is 5. The summed E-state index contributed by atoms with van der Waals surface area (Å²) in [4.78, 5) is 25.0. The van der Waals surface area contributed by atoms with Crippen LogP contribution >= 0.6 is 0 Å². The first-order valence-corrected chi connectivity index (χ1v) is 12.4. The Kier molecular flexibility index (Phi) is 5.89. The number of hydrogen-bond acceptors (Lipinski definition) is 5. The third kappa shape index (κ3) is 3.75. The molecule has 5 nitrogen and oxygen atoms in total. The van der Waals surface area contributed by atoms with Crippen molar-refractivity contribution in [2.75, 3.05) is 7.11 Å². The Labute approximate surface area is 216 Å². The van der Waals surface area contributed by atoms with Gasteiger partial charge in [-0.05, 0) is 29.2 Å². The highest BCUT2D eigenvalue weighted by Gasteiger charge is 2.63. The Bertz CT molecular complexity index is 1480. The van der Waals surface area contributed by atoms with E-state index in [1.165, 1.54) is 0 Å². The predicted molar refractivity (Wildman–Crippen MR) is 144 cm³/mol. The van der Waals surface area contributed by atoms with Crippen molar-refractivity contribution >= 4 is 17.4 Å². The normalized spacial score (nSPS) is 22.8. The van der Waals surface area contributed by atoms with Gasteiger partial charge in [0.2, 0.25) is 0 Å². The molecule has 0 N–H and O–H groups in total. The Morgan fingerprint density at radius 1 is 0.784 bits per heavy atom. The van der Waals surface area contributed by atoms with E-state index in [1.54, 1.807) is 7.11 Å². The van der Waals surface area contributed by atoms with Crippen LogP contribution in [0.1, 0.15) is 40.6 Å². The summed E-state index contributed by atoms with van der Waals surface area (Å²) in [6, 6.07) is 37.3. The maximum atomic E-state index is 14.1. The number of carbonyl (C=O) groups is 1. The monoisotopic (exact) mass is 486 g/mol. The van der Waals surface area contributed by atoms with Gasteiger partial charge < -0.3 is 9.57 Å². The van der Waals surface area contributed by atoms with Crippen LogP contribution in [0.4, 0.5) is 0 Å². The van der Waals surface area contributed by atoms with Crippen LogP contribution in [0.15, 0.2) is 125 Å². The fraction of sp³-hybridized carbons (Fsp3) is 0.156. The molecule has 0 radical (unpaired) electrons. The Morgan fingerprint density at radius 3 is 2.05 bits per heavy atom. The lowest BCUT2D eigenvalue weighted by Gasteiger charge is -2.43. The first-order chi connectivity index (χ1) is 18.2. The molecular formula is C32H26N2O3. The lowest BCUT2D eigenvalue weighted by atomic mass is 9.58. The van der Waals surface area contributed by atoms with Crippen LogP contribution < -0.4 is 4.74 Å². The predicted octanol–water partition coefficient (Wildman–Crippen LogP) is 6.36. The number of para-hydroxylation sites is 1. The third-order valence-electron chi connectivity index (χ3n) is 7.40. The second-order valence-electron chi connectivity index (χ2n) is 9.31. The van der Waals surface area contributed by atoms with Crippen LogP contribution in [-0.4, -0.2) is 24.5 Å². The van der Waals surface area contributed by atoms with Gasteiger partial charge in [-0.1, -0.05) is 114 Å². The van der Waals surface area contributed by atoms with Gasteiger partial charge in [0.15, 0.2) is 0 Å². The minimum atomic E-state index is -1.18. The first-order valence-electron chi connectivity index (χ1n) is 12.4. The van der Waals surface area contributed by atoms with Crippen molar-refractivity contribution in [2.24, 2.45) is 15.6 Å². The van der Waals surface area contributed by atoms with E-state index in [1.807, 2.05) is 103 Å². The molecule has 3 atom stereocenters. The van der Waals surface area contributed by atoms with Crippen molar-refractivity contribution in [3.63, 3.8) is 0 Å². The molecule has 2 aliphatic heterocycles. The fourth-order valence-corrected chi connectivity index (χ4v) is 5.73. The molecule has 0 unspecified atom stereocenters. The van der Waals surface area contributed by atoms with Crippen molar-refractivity contribution < 1.29 is 14.4 Å². The van der Waals surface area contributed by atoms with E-state index in [4.69, 9.17) is 14.6 Å². The molecule has 182 valence electrons. The maximum absolute atomic E-state index is 14.1. The zero-order valence-electron chi connectivity index (χ0n) is 20.5. The van der Waals surface area contributed by atoms with E-state index in [0.29, 0.717) is 12.1 Å². The van der Waals surface area contributed by atoms with Crippen molar-refractivity contribution in [3.05, 3.63) is 138 Å². The summed E-state index contributed by atoms with van der Waals surface area (Å²) in [6.07, 6.45) is 0.522. The van der Waals surface area contributed by atoms with E-state index in [9.17, 15) is 4.79 Å². The van der Waals surface area contributed by atoms with Crippen molar-refractivity contribution in [1.82, 2.24) is 0 Å². The number of oxime groups is 1. The smallest absolute Gasteiger partial charge is 0.350 e. The standard InChI is InChI=1S/C32H26N2O3/c1-36-28-20-12-11-19-25(28)26-21-27(22-13-5-2-6-14-22)33-29(23-15-7-3-8-16-23)32(26)30(34-37-31(32)35)24-17-9-4-10-18-24/h2-20,26,29H,21H2,1H3/t26-,29+,32+/m1/s1. The van der Waals surface area contributed by atoms with Crippen LogP contribution in [0, 0.1) is 5.41 Å². The van der Waals surface area contributed by atoms with E-state index in [-0.39, 0.29) is 5.92 Å². The molecule has 0 aromatic heterocycles. The zero-order valence-corrected chi connectivity index (χ0v) is 20.5. The molecule has 2 heterocycles. The number of hydrogen-bond donors (Lipinski definition) is 0. The number of methoxy groups -OCH3 is 1. The van der Waals surface area contributed by atoms with Gasteiger partial charge in [-0.2, -0.15) is 0 Å². The van der Waals surface area contributed by atoms with Gasteiger partial charge in [-0.25, -0.2) is 4.79 Å². The van der Waals surface area contributed by atoms with Crippen LogP contribution in [0.2, 0.25) is 0 Å². The molecule has 0 fully saturated rings. The number of aliphatic imine (C=N–C) groups is 1. The molecule has 5 heteroatoms. The van der Waals surface area contributed by atoms with E-state index >= 15 is 0 Å². The van der Waals surface area contributed by atoms with Crippen LogP contribution in [0.5, 0.6) is 5.75 Å². The quantitative estimate of drug-likeness (QED) is 0.308. The average molecular weight is 487 g/mol. The summed E-state index contributed by atoms with van der Waals surface area (Å²) in [6.45, 7) is 0.